The fourth-order valence-electron chi connectivity index (χ4n) is 3.34. The Balaban J connectivity index is 1.88. The Kier molecular flexibility index (Phi) is 8.70. The maximum atomic E-state index is 12.0. The smallest absolute Gasteiger partial charge is 0.296 e. The molecule has 1 aliphatic carbocycles. The van der Waals surface area contributed by atoms with Crippen LogP contribution in [-0.4, -0.2) is 37.8 Å². The molecule has 1 saturated carbocycles. The van der Waals surface area contributed by atoms with Gasteiger partial charge in [-0.1, -0.05) is 13.3 Å². The van der Waals surface area contributed by atoms with Crippen LogP contribution in [0.25, 0.3) is 0 Å². The van der Waals surface area contributed by atoms with Crippen molar-refractivity contribution in [2.45, 2.75) is 70.6 Å². The Morgan fingerprint density at radius 2 is 1.93 bits per heavy atom. The van der Waals surface area contributed by atoms with E-state index in [1.54, 1.807) is 26.0 Å². The van der Waals surface area contributed by atoms with Crippen LogP contribution in [0, 0.1) is 16.0 Å². The Bertz CT molecular complexity index is 774. The highest BCUT2D eigenvalue weighted by atomic mass is 32.2. The first-order valence-corrected chi connectivity index (χ1v) is 11.9. The average Bonchev–Trinajstić information content (AvgIpc) is 2.67. The van der Waals surface area contributed by atoms with Gasteiger partial charge in [0.25, 0.3) is 5.69 Å². The van der Waals surface area contributed by atoms with E-state index in [-0.39, 0.29) is 11.7 Å². The predicted octanol–water partition coefficient (Wildman–Crippen LogP) is 4.07. The van der Waals surface area contributed by atoms with Gasteiger partial charge >= 0.3 is 0 Å². The number of unbranched alkanes of at least 4 members (excludes halogenated alkanes) is 1. The van der Waals surface area contributed by atoms with Gasteiger partial charge in [0.15, 0.2) is 0 Å². The van der Waals surface area contributed by atoms with E-state index in [1.807, 2.05) is 0 Å². The molecule has 0 aromatic heterocycles. The minimum Gasteiger partial charge on any atom is -0.493 e. The lowest BCUT2D eigenvalue weighted by atomic mass is 9.86. The molecule has 2 rings (SSSR count). The zero-order valence-electron chi connectivity index (χ0n) is 17.5. The number of nitro groups is 1. The number of sulfonamides is 1. The highest BCUT2D eigenvalue weighted by Gasteiger charge is 2.26. The lowest BCUT2D eigenvalue weighted by molar-refractivity contribution is -0.384. The molecule has 0 atom stereocenters. The van der Waals surface area contributed by atoms with Crippen molar-refractivity contribution >= 4 is 21.4 Å². The molecule has 1 fully saturated rings. The van der Waals surface area contributed by atoms with Crippen molar-refractivity contribution in [2.24, 2.45) is 5.92 Å². The third-order valence-corrected chi connectivity index (χ3v) is 7.22. The number of nitro benzene ring substituents is 1. The number of anilines is 1. The number of ether oxygens (including phenoxy) is 1. The summed E-state index contributed by atoms with van der Waals surface area (Å²) in [4.78, 5) is 11.0. The van der Waals surface area contributed by atoms with Crippen molar-refractivity contribution in [3.63, 3.8) is 0 Å². The summed E-state index contributed by atoms with van der Waals surface area (Å²) in [6.07, 6.45) is 5.23. The summed E-state index contributed by atoms with van der Waals surface area (Å²) in [5.74, 6) is 0.864. The Morgan fingerprint density at radius 1 is 1.24 bits per heavy atom. The number of nitrogens with zero attached hydrogens (tertiary/aromatic N) is 1. The molecule has 2 N–H and O–H groups in total. The Morgan fingerprint density at radius 3 is 2.52 bits per heavy atom. The van der Waals surface area contributed by atoms with E-state index >= 15 is 0 Å². The van der Waals surface area contributed by atoms with Gasteiger partial charge in [0, 0.05) is 12.6 Å². The molecule has 1 aromatic carbocycles. The molecule has 0 unspecified atom stereocenters. The predicted molar refractivity (Wildman–Crippen MR) is 115 cm³/mol. The number of hydrogen-bond acceptors (Lipinski definition) is 6. The molecule has 0 bridgehead atoms. The van der Waals surface area contributed by atoms with Gasteiger partial charge in [0.05, 0.1) is 22.8 Å². The van der Waals surface area contributed by atoms with Crippen molar-refractivity contribution in [2.75, 3.05) is 18.5 Å². The molecule has 0 saturated heterocycles. The Labute approximate surface area is 173 Å². The van der Waals surface area contributed by atoms with E-state index in [0.717, 1.165) is 38.5 Å². The molecule has 0 aliphatic heterocycles. The molecule has 164 valence electrons. The molecule has 0 amide bonds. The van der Waals surface area contributed by atoms with E-state index < -0.39 is 20.2 Å². The van der Waals surface area contributed by atoms with Gasteiger partial charge in [-0.15, -0.1) is 0 Å². The minimum atomic E-state index is -3.25. The quantitative estimate of drug-likeness (QED) is 0.313. The summed E-state index contributed by atoms with van der Waals surface area (Å²) in [7, 11) is -3.25. The molecule has 0 spiro atoms. The number of hydrogen-bond donors (Lipinski definition) is 2. The summed E-state index contributed by atoms with van der Waals surface area (Å²) < 4.78 is 32.4. The summed E-state index contributed by atoms with van der Waals surface area (Å²) >= 11 is 0. The fourth-order valence-corrected chi connectivity index (χ4v) is 4.32. The highest BCUT2D eigenvalue weighted by Crippen LogP contribution is 2.31. The highest BCUT2D eigenvalue weighted by molar-refractivity contribution is 7.90. The first-order valence-electron chi connectivity index (χ1n) is 10.4. The van der Waals surface area contributed by atoms with Gasteiger partial charge in [0.2, 0.25) is 10.0 Å². The number of rotatable bonds is 11. The number of benzene rings is 1. The van der Waals surface area contributed by atoms with Crippen LogP contribution >= 0.6 is 0 Å². The van der Waals surface area contributed by atoms with Crippen LogP contribution in [-0.2, 0) is 10.0 Å². The molecule has 0 radical (unpaired) electrons. The topological polar surface area (TPSA) is 111 Å². The molecule has 1 aromatic rings. The zero-order chi connectivity index (χ0) is 21.4. The SMILES string of the molecule is CCCCOc1ccc(NCC2CCC(NS(=O)(=O)C(C)C)CC2)c([N+](=O)[O-])c1. The average molecular weight is 428 g/mol. The van der Waals surface area contributed by atoms with Crippen LogP contribution in [0.3, 0.4) is 0 Å². The molecule has 9 heteroatoms. The van der Waals surface area contributed by atoms with E-state index in [1.165, 1.54) is 6.07 Å². The van der Waals surface area contributed by atoms with Crippen LogP contribution < -0.4 is 14.8 Å². The molecular weight excluding hydrogens is 394 g/mol. The lowest BCUT2D eigenvalue weighted by Crippen LogP contribution is -2.41. The monoisotopic (exact) mass is 427 g/mol. The third-order valence-electron chi connectivity index (χ3n) is 5.31. The van der Waals surface area contributed by atoms with Crippen molar-refractivity contribution in [1.82, 2.24) is 4.72 Å². The summed E-state index contributed by atoms with van der Waals surface area (Å²) in [6, 6.07) is 4.90. The van der Waals surface area contributed by atoms with Crippen LogP contribution in [0.15, 0.2) is 18.2 Å². The first kappa shape index (κ1) is 23.4. The second-order valence-electron chi connectivity index (χ2n) is 7.95. The maximum absolute atomic E-state index is 12.0. The van der Waals surface area contributed by atoms with Gasteiger partial charge in [0.1, 0.15) is 11.4 Å². The normalized spacial score (nSPS) is 19.9. The van der Waals surface area contributed by atoms with E-state index in [4.69, 9.17) is 4.74 Å². The van der Waals surface area contributed by atoms with Crippen molar-refractivity contribution in [3.05, 3.63) is 28.3 Å². The van der Waals surface area contributed by atoms with Crippen molar-refractivity contribution in [1.29, 1.82) is 0 Å². The van der Waals surface area contributed by atoms with Crippen LogP contribution in [0.5, 0.6) is 5.75 Å². The van der Waals surface area contributed by atoms with Crippen molar-refractivity contribution < 1.29 is 18.1 Å². The van der Waals surface area contributed by atoms with Gasteiger partial charge < -0.3 is 10.1 Å². The molecule has 0 heterocycles. The van der Waals surface area contributed by atoms with E-state index in [0.29, 0.717) is 30.5 Å². The molecular formula is C20H33N3O5S. The van der Waals surface area contributed by atoms with Gasteiger partial charge in [-0.05, 0) is 64.0 Å². The second-order valence-corrected chi connectivity index (χ2v) is 10.2. The molecule has 1 aliphatic rings. The largest absolute Gasteiger partial charge is 0.493 e. The lowest BCUT2D eigenvalue weighted by Gasteiger charge is -2.29. The maximum Gasteiger partial charge on any atom is 0.296 e. The molecule has 8 nitrogen and oxygen atoms in total. The van der Waals surface area contributed by atoms with Crippen LogP contribution in [0.4, 0.5) is 11.4 Å². The fraction of sp³-hybridized carbons (Fsp3) is 0.700. The summed E-state index contributed by atoms with van der Waals surface area (Å²) in [6.45, 7) is 6.58. The number of nitrogens with one attached hydrogen (secondary N) is 2. The Hall–Kier alpha value is -1.87. The van der Waals surface area contributed by atoms with E-state index in [9.17, 15) is 18.5 Å². The third kappa shape index (κ3) is 7.15. The minimum absolute atomic E-state index is 0.0115. The van der Waals surface area contributed by atoms with Gasteiger partial charge in [-0.3, -0.25) is 10.1 Å². The van der Waals surface area contributed by atoms with Crippen LogP contribution in [0.1, 0.15) is 59.3 Å². The first-order chi connectivity index (χ1) is 13.7. The van der Waals surface area contributed by atoms with Gasteiger partial charge in [-0.2, -0.15) is 0 Å². The van der Waals surface area contributed by atoms with Crippen molar-refractivity contribution in [3.8, 4) is 5.75 Å². The molecule has 29 heavy (non-hydrogen) atoms. The standard InChI is InChI=1S/C20H33N3O5S/c1-4-5-12-28-18-10-11-19(20(13-18)23(24)25)21-14-16-6-8-17(9-7-16)22-29(26,27)15(2)3/h10-11,13,15-17,21-22H,4-9,12,14H2,1-3H3. The van der Waals surface area contributed by atoms with Gasteiger partial charge in [-0.25, -0.2) is 13.1 Å². The summed E-state index contributed by atoms with van der Waals surface area (Å²) in [5, 5.41) is 14.2. The zero-order valence-corrected chi connectivity index (χ0v) is 18.3. The van der Waals surface area contributed by atoms with E-state index in [2.05, 4.69) is 17.0 Å². The van der Waals surface area contributed by atoms with Crippen LogP contribution in [0.2, 0.25) is 0 Å². The second kappa shape index (κ2) is 10.8. The summed E-state index contributed by atoms with van der Waals surface area (Å²) in [5.41, 5.74) is 0.498.